The summed E-state index contributed by atoms with van der Waals surface area (Å²) in [4.78, 5) is 35.3. The highest BCUT2D eigenvalue weighted by Crippen LogP contribution is 2.39. The van der Waals surface area contributed by atoms with Gasteiger partial charge < -0.3 is 10.2 Å². The molecule has 2 aromatic carbocycles. The summed E-state index contributed by atoms with van der Waals surface area (Å²) in [5.41, 5.74) is 4.05. The molecule has 0 aliphatic carbocycles. The number of aryl methyl sites for hydroxylation is 2. The van der Waals surface area contributed by atoms with E-state index in [0.717, 1.165) is 33.0 Å². The molecule has 0 spiro atoms. The Kier molecular flexibility index (Phi) is 4.86. The quantitative estimate of drug-likeness (QED) is 0.847. The number of amidine groups is 1. The van der Waals surface area contributed by atoms with Gasteiger partial charge in [0.1, 0.15) is 0 Å². The van der Waals surface area contributed by atoms with Crippen LogP contribution in [0.3, 0.4) is 0 Å². The summed E-state index contributed by atoms with van der Waals surface area (Å²) in [6.07, 6.45) is 0. The number of imide groups is 1. The van der Waals surface area contributed by atoms with Crippen molar-refractivity contribution in [3.63, 3.8) is 0 Å². The highest BCUT2D eigenvalue weighted by molar-refractivity contribution is 6.30. The lowest BCUT2D eigenvalue weighted by Crippen LogP contribution is -2.71. The molecular formula is C23H27N5O2. The van der Waals surface area contributed by atoms with Gasteiger partial charge in [0, 0.05) is 27.2 Å². The maximum atomic E-state index is 13.5. The fourth-order valence-electron chi connectivity index (χ4n) is 4.26. The molecule has 0 saturated heterocycles. The Bertz CT molecular complexity index is 1050. The number of rotatable bonds is 4. The number of carbonyl (C=O) groups excluding carboxylic acids is 2. The second-order valence-corrected chi connectivity index (χ2v) is 8.28. The standard InChI is InChI=1S/C23H27N5O2/c1-15-11-18-19(12-16(15)2)27(4)20-23(25-18,21(29)28(5)22(30)24-20)14-26(3)13-17-9-7-6-8-10-17/h6-12,25H,13-14H2,1-5H3. The normalized spacial score (nSPS) is 20.7. The number of hydrogen-bond acceptors (Lipinski definition) is 5. The van der Waals surface area contributed by atoms with E-state index in [-0.39, 0.29) is 5.91 Å². The minimum Gasteiger partial charge on any atom is -0.362 e. The summed E-state index contributed by atoms with van der Waals surface area (Å²) in [5, 5.41) is 3.47. The maximum Gasteiger partial charge on any atom is 0.351 e. The van der Waals surface area contributed by atoms with Gasteiger partial charge in [-0.2, -0.15) is 4.99 Å². The fourth-order valence-corrected chi connectivity index (χ4v) is 4.26. The van der Waals surface area contributed by atoms with Gasteiger partial charge in [-0.15, -0.1) is 0 Å². The molecule has 4 rings (SSSR count). The van der Waals surface area contributed by atoms with Crippen molar-refractivity contribution in [2.75, 3.05) is 37.9 Å². The number of hydrogen-bond donors (Lipinski definition) is 1. The molecule has 3 amide bonds. The number of anilines is 2. The van der Waals surface area contributed by atoms with E-state index in [9.17, 15) is 9.59 Å². The predicted octanol–water partition coefficient (Wildman–Crippen LogP) is 3.03. The molecule has 2 heterocycles. The van der Waals surface area contributed by atoms with E-state index >= 15 is 0 Å². The van der Waals surface area contributed by atoms with Crippen LogP contribution >= 0.6 is 0 Å². The monoisotopic (exact) mass is 405 g/mol. The molecular weight excluding hydrogens is 378 g/mol. The van der Waals surface area contributed by atoms with Crippen LogP contribution in [0.25, 0.3) is 0 Å². The van der Waals surface area contributed by atoms with Crippen molar-refractivity contribution in [2.45, 2.75) is 25.9 Å². The van der Waals surface area contributed by atoms with Crippen molar-refractivity contribution in [1.29, 1.82) is 0 Å². The van der Waals surface area contributed by atoms with Crippen LogP contribution in [0.2, 0.25) is 0 Å². The molecule has 156 valence electrons. The third-order valence-electron chi connectivity index (χ3n) is 5.98. The molecule has 0 radical (unpaired) electrons. The lowest BCUT2D eigenvalue weighted by Gasteiger charge is -2.48. The smallest absolute Gasteiger partial charge is 0.351 e. The highest BCUT2D eigenvalue weighted by atomic mass is 16.2. The Hall–Kier alpha value is -3.19. The van der Waals surface area contributed by atoms with Gasteiger partial charge in [-0.25, -0.2) is 4.79 Å². The van der Waals surface area contributed by atoms with Crippen LogP contribution in [0.1, 0.15) is 16.7 Å². The predicted molar refractivity (Wildman–Crippen MR) is 119 cm³/mol. The SMILES string of the molecule is Cc1cc2c(cc1C)N(C)C1=NC(=O)N(C)C(=O)C1(CN(C)Cc1ccccc1)N2. The van der Waals surface area contributed by atoms with Crippen LogP contribution in [0, 0.1) is 13.8 Å². The van der Waals surface area contributed by atoms with Crippen LogP contribution in [0.5, 0.6) is 0 Å². The maximum absolute atomic E-state index is 13.5. The lowest BCUT2D eigenvalue weighted by molar-refractivity contribution is -0.130. The second kappa shape index (κ2) is 7.25. The van der Waals surface area contributed by atoms with Gasteiger partial charge in [-0.05, 0) is 49.7 Å². The van der Waals surface area contributed by atoms with Crippen molar-refractivity contribution < 1.29 is 9.59 Å². The molecule has 30 heavy (non-hydrogen) atoms. The molecule has 7 nitrogen and oxygen atoms in total. The van der Waals surface area contributed by atoms with Gasteiger partial charge in [-0.3, -0.25) is 14.6 Å². The van der Waals surface area contributed by atoms with Gasteiger partial charge in [0.15, 0.2) is 11.4 Å². The average molecular weight is 406 g/mol. The van der Waals surface area contributed by atoms with Crippen LogP contribution < -0.4 is 10.2 Å². The average Bonchev–Trinajstić information content (AvgIpc) is 2.71. The summed E-state index contributed by atoms with van der Waals surface area (Å²) in [7, 11) is 5.33. The number of nitrogens with one attached hydrogen (secondary N) is 1. The Labute approximate surface area is 177 Å². The van der Waals surface area contributed by atoms with Crippen LogP contribution in [0.4, 0.5) is 16.2 Å². The number of benzene rings is 2. The molecule has 1 unspecified atom stereocenters. The topological polar surface area (TPSA) is 68.2 Å². The first kappa shape index (κ1) is 20.1. The molecule has 2 aliphatic heterocycles. The molecule has 0 fully saturated rings. The van der Waals surface area contributed by atoms with E-state index in [1.165, 1.54) is 7.05 Å². The zero-order valence-electron chi connectivity index (χ0n) is 18.1. The first-order chi connectivity index (χ1) is 14.2. The summed E-state index contributed by atoms with van der Waals surface area (Å²) in [5.74, 6) is 0.138. The second-order valence-electron chi connectivity index (χ2n) is 8.28. The summed E-state index contributed by atoms with van der Waals surface area (Å²) >= 11 is 0. The Balaban J connectivity index is 1.78. The first-order valence-corrected chi connectivity index (χ1v) is 10.00. The number of likely N-dealkylation sites (N-methyl/N-ethyl adjacent to an activating group) is 3. The van der Waals surface area contributed by atoms with Crippen molar-refractivity contribution in [1.82, 2.24) is 9.80 Å². The van der Waals surface area contributed by atoms with Crippen LogP contribution in [0.15, 0.2) is 47.5 Å². The van der Waals surface area contributed by atoms with Crippen molar-refractivity contribution in [2.24, 2.45) is 4.99 Å². The minimum atomic E-state index is -1.14. The zero-order valence-corrected chi connectivity index (χ0v) is 18.1. The third-order valence-corrected chi connectivity index (χ3v) is 5.98. The van der Waals surface area contributed by atoms with Gasteiger partial charge in [0.2, 0.25) is 0 Å². The molecule has 0 saturated carbocycles. The highest BCUT2D eigenvalue weighted by Gasteiger charge is 2.55. The number of nitrogens with zero attached hydrogens (tertiary/aromatic N) is 4. The molecule has 1 N–H and O–H groups in total. The Morgan fingerprint density at radius 2 is 1.70 bits per heavy atom. The van der Waals surface area contributed by atoms with E-state index in [2.05, 4.69) is 39.5 Å². The lowest BCUT2D eigenvalue weighted by atomic mass is 9.88. The van der Waals surface area contributed by atoms with Gasteiger partial charge >= 0.3 is 6.03 Å². The van der Waals surface area contributed by atoms with Crippen molar-refractivity contribution >= 4 is 29.1 Å². The number of fused-ring (bicyclic) bond motifs is 2. The molecule has 0 bridgehead atoms. The van der Waals surface area contributed by atoms with E-state index < -0.39 is 11.6 Å². The third kappa shape index (κ3) is 3.15. The number of aliphatic imine (C=N–C) groups is 1. The summed E-state index contributed by atoms with van der Waals surface area (Å²) in [6.45, 7) is 5.14. The van der Waals surface area contributed by atoms with Gasteiger partial charge in [-0.1, -0.05) is 30.3 Å². The van der Waals surface area contributed by atoms with E-state index in [4.69, 9.17) is 0 Å². The number of amides is 3. The fraction of sp³-hybridized carbons (Fsp3) is 0.348. The van der Waals surface area contributed by atoms with Gasteiger partial charge in [0.05, 0.1) is 11.4 Å². The molecule has 0 aromatic heterocycles. The Morgan fingerprint density at radius 3 is 2.40 bits per heavy atom. The van der Waals surface area contributed by atoms with E-state index in [0.29, 0.717) is 18.9 Å². The Morgan fingerprint density at radius 1 is 1.03 bits per heavy atom. The van der Waals surface area contributed by atoms with Crippen molar-refractivity contribution in [3.8, 4) is 0 Å². The van der Waals surface area contributed by atoms with Crippen LogP contribution in [-0.2, 0) is 11.3 Å². The largest absolute Gasteiger partial charge is 0.362 e. The first-order valence-electron chi connectivity index (χ1n) is 10.00. The summed E-state index contributed by atoms with van der Waals surface area (Å²) < 4.78 is 0. The van der Waals surface area contributed by atoms with Crippen LogP contribution in [-0.4, -0.2) is 60.8 Å². The van der Waals surface area contributed by atoms with E-state index in [1.807, 2.05) is 51.0 Å². The van der Waals surface area contributed by atoms with E-state index in [1.54, 1.807) is 0 Å². The summed E-state index contributed by atoms with van der Waals surface area (Å²) in [6, 6.07) is 13.7. The minimum absolute atomic E-state index is 0.298. The molecule has 2 aromatic rings. The van der Waals surface area contributed by atoms with Gasteiger partial charge in [0.25, 0.3) is 5.91 Å². The molecule has 7 heteroatoms. The number of urea groups is 1. The van der Waals surface area contributed by atoms with Crippen molar-refractivity contribution in [3.05, 3.63) is 59.2 Å². The molecule has 2 aliphatic rings. The molecule has 1 atom stereocenters. The zero-order chi connectivity index (χ0) is 21.6. The number of carbonyl (C=O) groups is 2.